The number of fused-ring (bicyclic) bond motifs is 3. The van der Waals surface area contributed by atoms with Crippen molar-refractivity contribution in [2.24, 2.45) is 5.92 Å². The van der Waals surface area contributed by atoms with Gasteiger partial charge in [-0.2, -0.15) is 0 Å². The molecule has 2 bridgehead atoms. The predicted octanol–water partition coefficient (Wildman–Crippen LogP) is 4.95. The van der Waals surface area contributed by atoms with Gasteiger partial charge in [0.2, 0.25) is 0 Å². The summed E-state index contributed by atoms with van der Waals surface area (Å²) in [5, 5.41) is 0. The number of carbonyl (C=O) groups is 1. The summed E-state index contributed by atoms with van der Waals surface area (Å²) in [6, 6.07) is 20.4. The van der Waals surface area contributed by atoms with Gasteiger partial charge in [0.1, 0.15) is 0 Å². The van der Waals surface area contributed by atoms with Crippen LogP contribution in [0.15, 0.2) is 54.6 Å². The van der Waals surface area contributed by atoms with Gasteiger partial charge in [0, 0.05) is 30.2 Å². The summed E-state index contributed by atoms with van der Waals surface area (Å²) in [6.07, 6.45) is 8.34. The highest BCUT2D eigenvalue weighted by atomic mass is 16.2. The monoisotopic (exact) mass is 402 g/mol. The quantitative estimate of drug-likeness (QED) is 0.683. The van der Waals surface area contributed by atoms with Gasteiger partial charge in [-0.25, -0.2) is 0 Å². The maximum absolute atomic E-state index is 13.1. The van der Waals surface area contributed by atoms with Crippen LogP contribution in [-0.4, -0.2) is 46.9 Å². The Hall–Kier alpha value is -2.13. The molecule has 1 amide bonds. The Kier molecular flexibility index (Phi) is 5.64. The van der Waals surface area contributed by atoms with Crippen LogP contribution in [0.1, 0.15) is 60.5 Å². The standard InChI is InChI=1S/C27H34N2O/c1-2-14-28(26-17-22-10-6-7-11-23(22)18-26)19-20-15-24-12-13-25(16-20)29(24)27(30)21-8-4-3-5-9-21/h3-11,20,24-26H,2,12-19H2,1H3. The molecule has 2 fully saturated rings. The summed E-state index contributed by atoms with van der Waals surface area (Å²) in [6.45, 7) is 4.70. The van der Waals surface area contributed by atoms with Crippen LogP contribution in [-0.2, 0) is 12.8 Å². The summed E-state index contributed by atoms with van der Waals surface area (Å²) in [4.78, 5) is 18.2. The Balaban J connectivity index is 1.25. The van der Waals surface area contributed by atoms with Gasteiger partial charge in [-0.1, -0.05) is 49.4 Å². The van der Waals surface area contributed by atoms with Gasteiger partial charge in [-0.15, -0.1) is 0 Å². The van der Waals surface area contributed by atoms with E-state index in [1.165, 1.54) is 58.0 Å². The van der Waals surface area contributed by atoms with Gasteiger partial charge in [-0.3, -0.25) is 9.69 Å². The van der Waals surface area contributed by atoms with E-state index in [0.717, 1.165) is 11.5 Å². The Labute approximate surface area is 181 Å². The van der Waals surface area contributed by atoms with E-state index in [4.69, 9.17) is 0 Å². The maximum atomic E-state index is 13.1. The minimum atomic E-state index is 0.248. The molecule has 2 atom stereocenters. The molecule has 2 aliphatic heterocycles. The second kappa shape index (κ2) is 8.55. The Morgan fingerprint density at radius 2 is 1.53 bits per heavy atom. The van der Waals surface area contributed by atoms with Crippen LogP contribution in [0, 0.1) is 5.92 Å². The number of amides is 1. The first-order chi connectivity index (χ1) is 14.7. The molecule has 30 heavy (non-hydrogen) atoms. The van der Waals surface area contributed by atoms with Crippen LogP contribution in [0.4, 0.5) is 0 Å². The van der Waals surface area contributed by atoms with E-state index in [-0.39, 0.29) is 5.91 Å². The molecule has 3 nitrogen and oxygen atoms in total. The van der Waals surface area contributed by atoms with Gasteiger partial charge in [0.25, 0.3) is 5.91 Å². The van der Waals surface area contributed by atoms with Crippen LogP contribution in [0.5, 0.6) is 0 Å². The SMILES string of the molecule is CCCN(CC1CC2CCC(C1)N2C(=O)c1ccccc1)C1Cc2ccccc2C1. The van der Waals surface area contributed by atoms with Crippen molar-refractivity contribution in [2.75, 3.05) is 13.1 Å². The number of carbonyl (C=O) groups excluding carboxylic acids is 1. The van der Waals surface area contributed by atoms with Crippen molar-refractivity contribution in [3.8, 4) is 0 Å². The third kappa shape index (κ3) is 3.80. The molecule has 0 aromatic heterocycles. The fourth-order valence-electron chi connectivity index (χ4n) is 6.34. The number of nitrogens with zero attached hydrogens (tertiary/aromatic N) is 2. The lowest BCUT2D eigenvalue weighted by molar-refractivity contribution is 0.0455. The lowest BCUT2D eigenvalue weighted by Gasteiger charge is -2.41. The zero-order valence-electron chi connectivity index (χ0n) is 18.2. The van der Waals surface area contributed by atoms with Crippen molar-refractivity contribution in [3.05, 3.63) is 71.3 Å². The van der Waals surface area contributed by atoms with Crippen molar-refractivity contribution >= 4 is 5.91 Å². The molecular formula is C27H34N2O. The Morgan fingerprint density at radius 3 is 2.13 bits per heavy atom. The first kappa shape index (κ1) is 19.8. The molecule has 3 heteroatoms. The van der Waals surface area contributed by atoms with E-state index in [2.05, 4.69) is 41.0 Å². The zero-order chi connectivity index (χ0) is 20.5. The third-order valence-corrected chi connectivity index (χ3v) is 7.64. The van der Waals surface area contributed by atoms with Gasteiger partial charge in [0.15, 0.2) is 0 Å². The lowest BCUT2D eigenvalue weighted by atomic mass is 9.89. The molecule has 0 saturated carbocycles. The fraction of sp³-hybridized carbons (Fsp3) is 0.519. The molecule has 2 aromatic carbocycles. The number of piperidine rings is 1. The molecule has 1 aliphatic carbocycles. The average molecular weight is 403 g/mol. The van der Waals surface area contributed by atoms with Crippen molar-refractivity contribution in [2.45, 2.75) is 70.0 Å². The molecule has 2 aromatic rings. The first-order valence-electron chi connectivity index (χ1n) is 11.9. The predicted molar refractivity (Wildman–Crippen MR) is 122 cm³/mol. The molecule has 158 valence electrons. The van der Waals surface area contributed by atoms with Crippen molar-refractivity contribution in [1.82, 2.24) is 9.80 Å². The van der Waals surface area contributed by atoms with Crippen molar-refractivity contribution in [3.63, 3.8) is 0 Å². The average Bonchev–Trinajstić information content (AvgIpc) is 3.32. The molecule has 3 aliphatic rings. The lowest BCUT2D eigenvalue weighted by Crippen LogP contribution is -2.49. The fourth-order valence-corrected chi connectivity index (χ4v) is 6.34. The van der Waals surface area contributed by atoms with Gasteiger partial charge < -0.3 is 4.90 Å². The molecule has 2 saturated heterocycles. The number of hydrogen-bond acceptors (Lipinski definition) is 2. The number of benzene rings is 2. The molecule has 0 radical (unpaired) electrons. The summed E-state index contributed by atoms with van der Waals surface area (Å²) in [7, 11) is 0. The number of rotatable bonds is 6. The molecule has 2 unspecified atom stereocenters. The van der Waals surface area contributed by atoms with Gasteiger partial charge >= 0.3 is 0 Å². The van der Waals surface area contributed by atoms with Crippen LogP contribution in [0.3, 0.4) is 0 Å². The molecule has 2 heterocycles. The van der Waals surface area contributed by atoms with E-state index in [1.807, 2.05) is 30.3 Å². The topological polar surface area (TPSA) is 23.6 Å². The van der Waals surface area contributed by atoms with E-state index in [9.17, 15) is 4.79 Å². The highest BCUT2D eigenvalue weighted by Gasteiger charge is 2.44. The van der Waals surface area contributed by atoms with Crippen LogP contribution >= 0.6 is 0 Å². The summed E-state index contributed by atoms with van der Waals surface area (Å²) >= 11 is 0. The molecule has 0 spiro atoms. The summed E-state index contributed by atoms with van der Waals surface area (Å²) in [5.41, 5.74) is 3.95. The maximum Gasteiger partial charge on any atom is 0.254 e. The zero-order valence-corrected chi connectivity index (χ0v) is 18.2. The molecule has 0 N–H and O–H groups in total. The van der Waals surface area contributed by atoms with E-state index in [0.29, 0.717) is 18.1 Å². The van der Waals surface area contributed by atoms with Gasteiger partial charge in [0.05, 0.1) is 0 Å². The second-order valence-electron chi connectivity index (χ2n) is 9.63. The Bertz CT molecular complexity index is 840. The summed E-state index contributed by atoms with van der Waals surface area (Å²) in [5.74, 6) is 0.968. The smallest absolute Gasteiger partial charge is 0.254 e. The second-order valence-corrected chi connectivity index (χ2v) is 9.63. The molecular weight excluding hydrogens is 368 g/mol. The minimum Gasteiger partial charge on any atom is -0.333 e. The van der Waals surface area contributed by atoms with Crippen LogP contribution in [0.2, 0.25) is 0 Å². The van der Waals surface area contributed by atoms with Gasteiger partial charge in [-0.05, 0) is 80.7 Å². The highest BCUT2D eigenvalue weighted by Crippen LogP contribution is 2.40. The third-order valence-electron chi connectivity index (χ3n) is 7.64. The van der Waals surface area contributed by atoms with E-state index in [1.54, 1.807) is 11.1 Å². The summed E-state index contributed by atoms with van der Waals surface area (Å²) < 4.78 is 0. The highest BCUT2D eigenvalue weighted by molar-refractivity contribution is 5.94. The largest absolute Gasteiger partial charge is 0.333 e. The van der Waals surface area contributed by atoms with Crippen molar-refractivity contribution in [1.29, 1.82) is 0 Å². The van der Waals surface area contributed by atoms with Crippen LogP contribution < -0.4 is 0 Å². The molecule has 5 rings (SSSR count). The first-order valence-corrected chi connectivity index (χ1v) is 11.9. The van der Waals surface area contributed by atoms with Crippen LogP contribution in [0.25, 0.3) is 0 Å². The Morgan fingerprint density at radius 1 is 0.933 bits per heavy atom. The van der Waals surface area contributed by atoms with E-state index >= 15 is 0 Å². The number of hydrogen-bond donors (Lipinski definition) is 0. The van der Waals surface area contributed by atoms with Crippen molar-refractivity contribution < 1.29 is 4.79 Å². The normalized spacial score (nSPS) is 25.7. The van der Waals surface area contributed by atoms with E-state index < -0.39 is 0 Å². The minimum absolute atomic E-state index is 0.248.